The van der Waals surface area contributed by atoms with Crippen LogP contribution >= 0.6 is 0 Å². The number of nitrogens with zero attached hydrogens (tertiary/aromatic N) is 3. The molecule has 1 saturated heterocycles. The number of aryl methyl sites for hydroxylation is 2. The summed E-state index contributed by atoms with van der Waals surface area (Å²) in [4.78, 5) is 14.9. The molecular weight excluding hydrogens is 404 g/mol. The number of anilines is 1. The van der Waals surface area contributed by atoms with Crippen LogP contribution in [0.4, 0.5) is 5.69 Å². The van der Waals surface area contributed by atoms with Gasteiger partial charge in [-0.1, -0.05) is 29.8 Å². The summed E-state index contributed by atoms with van der Waals surface area (Å²) >= 11 is 0. The first kappa shape index (κ1) is 22.0. The van der Waals surface area contributed by atoms with Crippen LogP contribution in [0, 0.1) is 6.92 Å². The molecule has 0 saturated carbocycles. The Kier molecular flexibility index (Phi) is 7.19. The molecule has 2 heterocycles. The highest BCUT2D eigenvalue weighted by Crippen LogP contribution is 2.32. The lowest BCUT2D eigenvalue weighted by molar-refractivity contribution is -0.115. The van der Waals surface area contributed by atoms with Crippen molar-refractivity contribution in [3.05, 3.63) is 65.9 Å². The van der Waals surface area contributed by atoms with Crippen LogP contribution < -0.4 is 10.1 Å². The molecule has 1 amide bonds. The van der Waals surface area contributed by atoms with Gasteiger partial charge in [0.2, 0.25) is 5.91 Å². The van der Waals surface area contributed by atoms with Crippen LogP contribution in [0.2, 0.25) is 0 Å². The zero-order valence-electron chi connectivity index (χ0n) is 18.7. The number of carbonyl (C=O) groups is 1. The number of hydrogen-bond donors (Lipinski definition) is 1. The van der Waals surface area contributed by atoms with Crippen molar-refractivity contribution in [1.82, 2.24) is 14.7 Å². The molecule has 32 heavy (non-hydrogen) atoms. The summed E-state index contributed by atoms with van der Waals surface area (Å²) in [5, 5.41) is 7.31. The highest BCUT2D eigenvalue weighted by molar-refractivity contribution is 5.93. The molecule has 1 fully saturated rings. The number of rotatable bonds is 8. The summed E-state index contributed by atoms with van der Waals surface area (Å²) in [6.07, 6.45) is 2.09. The number of ether oxygens (including phenoxy) is 2. The highest BCUT2D eigenvalue weighted by atomic mass is 16.5. The van der Waals surface area contributed by atoms with Crippen LogP contribution in [0.15, 0.2) is 54.7 Å². The minimum atomic E-state index is -0.0502. The van der Waals surface area contributed by atoms with Crippen LogP contribution in [0.1, 0.15) is 11.1 Å². The van der Waals surface area contributed by atoms with Gasteiger partial charge in [0.25, 0.3) is 0 Å². The van der Waals surface area contributed by atoms with E-state index in [2.05, 4.69) is 15.3 Å². The van der Waals surface area contributed by atoms with Gasteiger partial charge in [-0.15, -0.1) is 0 Å². The molecule has 7 heteroatoms. The van der Waals surface area contributed by atoms with Crippen LogP contribution in [-0.4, -0.2) is 60.0 Å². The molecule has 1 N–H and O–H groups in total. The summed E-state index contributed by atoms with van der Waals surface area (Å²) in [5.74, 6) is 0.726. The van der Waals surface area contributed by atoms with Crippen LogP contribution in [-0.2, 0) is 23.0 Å². The molecule has 1 aromatic heterocycles. The van der Waals surface area contributed by atoms with E-state index in [1.54, 1.807) is 6.20 Å². The molecule has 3 aromatic rings. The van der Waals surface area contributed by atoms with Gasteiger partial charge in [0.15, 0.2) is 0 Å². The number of carbonyl (C=O) groups excluding carboxylic acids is 1. The van der Waals surface area contributed by atoms with Gasteiger partial charge in [0, 0.05) is 44.1 Å². The molecule has 168 valence electrons. The maximum Gasteiger partial charge on any atom is 0.228 e. The minimum Gasteiger partial charge on any atom is -0.492 e. The number of hydrogen-bond acceptors (Lipinski definition) is 5. The van der Waals surface area contributed by atoms with Gasteiger partial charge in [-0.25, -0.2) is 0 Å². The lowest BCUT2D eigenvalue weighted by atomic mass is 10.1. The Hall–Kier alpha value is -3.16. The molecule has 1 aliphatic heterocycles. The zero-order valence-corrected chi connectivity index (χ0v) is 18.7. The maximum atomic E-state index is 12.6. The second-order valence-electron chi connectivity index (χ2n) is 8.06. The number of amides is 1. The van der Waals surface area contributed by atoms with E-state index >= 15 is 0 Å². The molecule has 0 bridgehead atoms. The van der Waals surface area contributed by atoms with Crippen LogP contribution in [0.3, 0.4) is 0 Å². The van der Waals surface area contributed by atoms with E-state index in [4.69, 9.17) is 9.47 Å². The lowest BCUT2D eigenvalue weighted by Gasteiger charge is -2.26. The average Bonchev–Trinajstić information content (AvgIpc) is 3.22. The predicted octanol–water partition coefficient (Wildman–Crippen LogP) is 3.29. The predicted molar refractivity (Wildman–Crippen MR) is 125 cm³/mol. The monoisotopic (exact) mass is 434 g/mol. The summed E-state index contributed by atoms with van der Waals surface area (Å²) in [6, 6.07) is 15.7. The standard InChI is InChI=1S/C25H30N4O3/c1-19-3-5-20(6-4-19)17-25(30)27-21-7-8-24(22(18-21)23-9-10-26-28(23)2)32-16-13-29-11-14-31-15-12-29/h3-10,18H,11-17H2,1-2H3,(H,27,30). The SMILES string of the molecule is Cc1ccc(CC(=O)Nc2ccc(OCCN3CCOCC3)c(-c3ccnn3C)c2)cc1. The van der Waals surface area contributed by atoms with Gasteiger partial charge >= 0.3 is 0 Å². The molecule has 2 aromatic carbocycles. The first-order chi connectivity index (χ1) is 15.6. The van der Waals surface area contributed by atoms with Gasteiger partial charge in [0.1, 0.15) is 12.4 Å². The zero-order chi connectivity index (χ0) is 22.3. The fourth-order valence-electron chi connectivity index (χ4n) is 3.78. The second-order valence-corrected chi connectivity index (χ2v) is 8.06. The van der Waals surface area contributed by atoms with Crippen molar-refractivity contribution >= 4 is 11.6 Å². The first-order valence-corrected chi connectivity index (χ1v) is 11.0. The molecule has 0 radical (unpaired) electrons. The third-order valence-electron chi connectivity index (χ3n) is 5.61. The third-order valence-corrected chi connectivity index (χ3v) is 5.61. The van der Waals surface area contributed by atoms with Crippen molar-refractivity contribution in [3.8, 4) is 17.0 Å². The number of morpholine rings is 1. The number of aromatic nitrogens is 2. The fraction of sp³-hybridized carbons (Fsp3) is 0.360. The van der Waals surface area contributed by atoms with Crippen molar-refractivity contribution in [2.24, 2.45) is 7.05 Å². The van der Waals surface area contributed by atoms with E-state index in [0.29, 0.717) is 13.0 Å². The number of nitrogens with one attached hydrogen (secondary N) is 1. The molecule has 0 spiro atoms. The van der Waals surface area contributed by atoms with Crippen LogP contribution in [0.25, 0.3) is 11.3 Å². The minimum absolute atomic E-state index is 0.0502. The van der Waals surface area contributed by atoms with E-state index in [1.807, 2.05) is 67.2 Å². The Bertz CT molecular complexity index is 1040. The van der Waals surface area contributed by atoms with Gasteiger partial charge in [-0.05, 0) is 36.8 Å². The van der Waals surface area contributed by atoms with Gasteiger partial charge in [0.05, 0.1) is 25.3 Å². The molecule has 4 rings (SSSR count). The summed E-state index contributed by atoms with van der Waals surface area (Å²) < 4.78 is 13.4. The van der Waals surface area contributed by atoms with Crippen molar-refractivity contribution < 1.29 is 14.3 Å². The highest BCUT2D eigenvalue weighted by Gasteiger charge is 2.14. The summed E-state index contributed by atoms with van der Waals surface area (Å²) in [5.41, 5.74) is 4.74. The Morgan fingerprint density at radius 2 is 1.91 bits per heavy atom. The molecular formula is C25H30N4O3. The van der Waals surface area contributed by atoms with Gasteiger partial charge < -0.3 is 14.8 Å². The van der Waals surface area contributed by atoms with Crippen molar-refractivity contribution in [2.75, 3.05) is 44.8 Å². The fourth-order valence-corrected chi connectivity index (χ4v) is 3.78. The molecule has 7 nitrogen and oxygen atoms in total. The van der Waals surface area contributed by atoms with Crippen LogP contribution in [0.5, 0.6) is 5.75 Å². The lowest BCUT2D eigenvalue weighted by Crippen LogP contribution is -2.38. The maximum absolute atomic E-state index is 12.6. The van der Waals surface area contributed by atoms with E-state index in [9.17, 15) is 4.79 Å². The van der Waals surface area contributed by atoms with Gasteiger partial charge in [-0.3, -0.25) is 14.4 Å². The van der Waals surface area contributed by atoms with Gasteiger partial charge in [-0.2, -0.15) is 5.10 Å². The summed E-state index contributed by atoms with van der Waals surface area (Å²) in [6.45, 7) is 6.89. The van der Waals surface area contributed by atoms with E-state index in [0.717, 1.165) is 61.1 Å². The summed E-state index contributed by atoms with van der Waals surface area (Å²) in [7, 11) is 1.90. The van der Waals surface area contributed by atoms with Crippen molar-refractivity contribution in [1.29, 1.82) is 0 Å². The Balaban J connectivity index is 1.46. The second kappa shape index (κ2) is 10.4. The molecule has 0 aliphatic carbocycles. The number of benzene rings is 2. The largest absolute Gasteiger partial charge is 0.492 e. The Morgan fingerprint density at radius 3 is 2.62 bits per heavy atom. The third kappa shape index (κ3) is 5.75. The van der Waals surface area contributed by atoms with Crippen molar-refractivity contribution in [2.45, 2.75) is 13.3 Å². The van der Waals surface area contributed by atoms with E-state index in [1.165, 1.54) is 5.56 Å². The smallest absolute Gasteiger partial charge is 0.228 e. The average molecular weight is 435 g/mol. The van der Waals surface area contributed by atoms with E-state index in [-0.39, 0.29) is 5.91 Å². The Labute approximate surface area is 188 Å². The molecule has 1 aliphatic rings. The quantitative estimate of drug-likeness (QED) is 0.589. The van der Waals surface area contributed by atoms with Crippen molar-refractivity contribution in [3.63, 3.8) is 0 Å². The normalized spacial score (nSPS) is 14.3. The first-order valence-electron chi connectivity index (χ1n) is 11.0. The van der Waals surface area contributed by atoms with E-state index < -0.39 is 0 Å². The topological polar surface area (TPSA) is 68.6 Å². The molecule has 0 unspecified atom stereocenters. The Morgan fingerprint density at radius 1 is 1.12 bits per heavy atom. The molecule has 0 atom stereocenters.